The number of benzene rings is 1. The molecular formula is C11H5BrCl2N2. The van der Waals surface area contributed by atoms with E-state index in [1.165, 1.54) is 0 Å². The zero-order chi connectivity index (χ0) is 11.3. The van der Waals surface area contributed by atoms with E-state index >= 15 is 0 Å². The van der Waals surface area contributed by atoms with Crippen molar-refractivity contribution < 1.29 is 0 Å². The van der Waals surface area contributed by atoms with Crippen LogP contribution in [0, 0.1) is 0 Å². The summed E-state index contributed by atoms with van der Waals surface area (Å²) in [5.74, 6) is 0. The zero-order valence-corrected chi connectivity index (χ0v) is 11.0. The Labute approximate surface area is 110 Å². The first-order chi connectivity index (χ1) is 7.66. The topological polar surface area (TPSA) is 28.7 Å². The lowest BCUT2D eigenvalue weighted by molar-refractivity contribution is 1.34. The molecule has 1 aromatic carbocycles. The Hall–Kier alpha value is -0.770. The van der Waals surface area contributed by atoms with Gasteiger partial charge in [-0.05, 0) is 28.1 Å². The third-order valence-electron chi connectivity index (χ3n) is 2.50. The van der Waals surface area contributed by atoms with Crippen LogP contribution in [0.3, 0.4) is 0 Å². The van der Waals surface area contributed by atoms with E-state index in [1.807, 2.05) is 18.2 Å². The molecule has 80 valence electrons. The standard InChI is InChI=1S/C11H5BrCl2N2/c12-7-4-15-11(14)9-6-2-1-5(13)3-8(6)16-10(7)9/h1-4,16H. The summed E-state index contributed by atoms with van der Waals surface area (Å²) in [6.07, 6.45) is 1.68. The minimum Gasteiger partial charge on any atom is -0.353 e. The average Bonchev–Trinajstić information content (AvgIpc) is 2.63. The Kier molecular flexibility index (Phi) is 2.35. The van der Waals surface area contributed by atoms with E-state index in [2.05, 4.69) is 25.9 Å². The second-order valence-electron chi connectivity index (χ2n) is 3.46. The Morgan fingerprint density at radius 3 is 2.88 bits per heavy atom. The highest BCUT2D eigenvalue weighted by molar-refractivity contribution is 9.10. The highest BCUT2D eigenvalue weighted by Gasteiger charge is 2.11. The van der Waals surface area contributed by atoms with E-state index in [1.54, 1.807) is 6.20 Å². The lowest BCUT2D eigenvalue weighted by atomic mass is 10.2. The number of rotatable bonds is 0. The first kappa shape index (κ1) is 10.4. The molecule has 0 atom stereocenters. The minimum absolute atomic E-state index is 0.492. The zero-order valence-electron chi connectivity index (χ0n) is 7.89. The van der Waals surface area contributed by atoms with Crippen molar-refractivity contribution in [2.24, 2.45) is 0 Å². The molecule has 1 N–H and O–H groups in total. The van der Waals surface area contributed by atoms with E-state index in [0.717, 1.165) is 26.3 Å². The van der Waals surface area contributed by atoms with E-state index in [9.17, 15) is 0 Å². The van der Waals surface area contributed by atoms with Crippen molar-refractivity contribution in [3.05, 3.63) is 39.0 Å². The van der Waals surface area contributed by atoms with Crippen molar-refractivity contribution in [3.8, 4) is 0 Å². The van der Waals surface area contributed by atoms with Crippen LogP contribution in [0.15, 0.2) is 28.9 Å². The maximum Gasteiger partial charge on any atom is 0.139 e. The molecule has 16 heavy (non-hydrogen) atoms. The predicted molar refractivity (Wildman–Crippen MR) is 71.3 cm³/mol. The largest absolute Gasteiger partial charge is 0.353 e. The molecule has 2 heterocycles. The quantitative estimate of drug-likeness (QED) is 0.594. The number of halogens is 3. The van der Waals surface area contributed by atoms with E-state index in [0.29, 0.717) is 10.2 Å². The van der Waals surface area contributed by atoms with Crippen molar-refractivity contribution in [1.29, 1.82) is 0 Å². The summed E-state index contributed by atoms with van der Waals surface area (Å²) in [4.78, 5) is 7.39. The number of hydrogen-bond donors (Lipinski definition) is 1. The molecule has 0 saturated heterocycles. The van der Waals surface area contributed by atoms with Crippen LogP contribution in [0.1, 0.15) is 0 Å². The summed E-state index contributed by atoms with van der Waals surface area (Å²) >= 11 is 15.5. The highest BCUT2D eigenvalue weighted by Crippen LogP contribution is 2.34. The fourth-order valence-electron chi connectivity index (χ4n) is 1.81. The molecule has 0 bridgehead atoms. The van der Waals surface area contributed by atoms with Gasteiger partial charge in [0.2, 0.25) is 0 Å². The normalized spacial score (nSPS) is 11.4. The molecular weight excluding hydrogens is 311 g/mol. The van der Waals surface area contributed by atoms with Crippen molar-refractivity contribution in [3.63, 3.8) is 0 Å². The van der Waals surface area contributed by atoms with Gasteiger partial charge in [-0.3, -0.25) is 0 Å². The lowest BCUT2D eigenvalue weighted by Crippen LogP contribution is -1.77. The van der Waals surface area contributed by atoms with Gasteiger partial charge in [0.25, 0.3) is 0 Å². The summed E-state index contributed by atoms with van der Waals surface area (Å²) < 4.78 is 0.888. The third kappa shape index (κ3) is 1.43. The SMILES string of the molecule is Clc1ccc2c(c1)[nH]c1c(Br)cnc(Cl)c12. The number of fused-ring (bicyclic) bond motifs is 3. The Bertz CT molecular complexity index is 706. The minimum atomic E-state index is 0.492. The van der Waals surface area contributed by atoms with Gasteiger partial charge in [0.05, 0.1) is 9.99 Å². The third-order valence-corrected chi connectivity index (χ3v) is 3.62. The van der Waals surface area contributed by atoms with Gasteiger partial charge in [-0.15, -0.1) is 0 Å². The van der Waals surface area contributed by atoms with E-state index in [-0.39, 0.29) is 0 Å². The fraction of sp³-hybridized carbons (Fsp3) is 0. The number of H-pyrrole nitrogens is 1. The van der Waals surface area contributed by atoms with Crippen molar-refractivity contribution in [1.82, 2.24) is 9.97 Å². The first-order valence-electron chi connectivity index (χ1n) is 4.58. The van der Waals surface area contributed by atoms with Gasteiger partial charge < -0.3 is 4.98 Å². The highest BCUT2D eigenvalue weighted by atomic mass is 79.9. The van der Waals surface area contributed by atoms with Crippen LogP contribution in [0.4, 0.5) is 0 Å². The Morgan fingerprint density at radius 2 is 2.06 bits per heavy atom. The molecule has 0 radical (unpaired) electrons. The molecule has 2 nitrogen and oxygen atoms in total. The Balaban J connectivity index is 2.60. The summed E-state index contributed by atoms with van der Waals surface area (Å²) in [5, 5.41) is 3.13. The molecule has 3 aromatic rings. The molecule has 0 saturated carbocycles. The van der Waals surface area contributed by atoms with Gasteiger partial charge in [0, 0.05) is 27.5 Å². The molecule has 5 heteroatoms. The maximum atomic E-state index is 6.10. The molecule has 0 aliphatic rings. The predicted octanol–water partition coefficient (Wildman–Crippen LogP) is 4.79. The number of aromatic nitrogens is 2. The smallest absolute Gasteiger partial charge is 0.139 e. The van der Waals surface area contributed by atoms with Gasteiger partial charge >= 0.3 is 0 Å². The first-order valence-corrected chi connectivity index (χ1v) is 6.12. The molecule has 0 aliphatic heterocycles. The van der Waals surface area contributed by atoms with Gasteiger partial charge in [-0.2, -0.15) is 0 Å². The van der Waals surface area contributed by atoms with Crippen LogP contribution < -0.4 is 0 Å². The molecule has 3 rings (SSSR count). The second-order valence-corrected chi connectivity index (χ2v) is 5.11. The number of nitrogens with one attached hydrogen (secondary N) is 1. The number of aromatic amines is 1. The molecule has 0 aliphatic carbocycles. The molecule has 0 spiro atoms. The summed E-state index contributed by atoms with van der Waals surface area (Å²) in [7, 11) is 0. The maximum absolute atomic E-state index is 6.10. The van der Waals surface area contributed by atoms with Gasteiger partial charge in [0.15, 0.2) is 0 Å². The van der Waals surface area contributed by atoms with E-state index in [4.69, 9.17) is 23.2 Å². The summed E-state index contributed by atoms with van der Waals surface area (Å²) in [6.45, 7) is 0. The van der Waals surface area contributed by atoms with Crippen LogP contribution in [-0.4, -0.2) is 9.97 Å². The number of nitrogens with zero attached hydrogens (tertiary/aromatic N) is 1. The molecule has 2 aromatic heterocycles. The number of hydrogen-bond acceptors (Lipinski definition) is 1. The Morgan fingerprint density at radius 1 is 1.25 bits per heavy atom. The molecule has 0 amide bonds. The summed E-state index contributed by atoms with van der Waals surface area (Å²) in [6, 6.07) is 5.66. The monoisotopic (exact) mass is 314 g/mol. The van der Waals surface area contributed by atoms with Crippen LogP contribution in [-0.2, 0) is 0 Å². The summed E-state index contributed by atoms with van der Waals surface area (Å²) in [5.41, 5.74) is 1.90. The number of pyridine rings is 1. The van der Waals surface area contributed by atoms with Gasteiger partial charge in [-0.1, -0.05) is 29.3 Å². The van der Waals surface area contributed by atoms with E-state index < -0.39 is 0 Å². The lowest BCUT2D eigenvalue weighted by Gasteiger charge is -1.96. The van der Waals surface area contributed by atoms with Crippen molar-refractivity contribution in [2.75, 3.05) is 0 Å². The molecule has 0 unspecified atom stereocenters. The van der Waals surface area contributed by atoms with Crippen molar-refractivity contribution >= 4 is 60.9 Å². The van der Waals surface area contributed by atoms with Crippen LogP contribution in [0.25, 0.3) is 21.8 Å². The van der Waals surface area contributed by atoms with Crippen LogP contribution >= 0.6 is 39.1 Å². The van der Waals surface area contributed by atoms with Crippen LogP contribution in [0.2, 0.25) is 10.2 Å². The fourth-order valence-corrected chi connectivity index (χ4v) is 2.62. The van der Waals surface area contributed by atoms with Crippen LogP contribution in [0.5, 0.6) is 0 Å². The van der Waals surface area contributed by atoms with Crippen molar-refractivity contribution in [2.45, 2.75) is 0 Å². The van der Waals surface area contributed by atoms with Gasteiger partial charge in [0.1, 0.15) is 5.15 Å². The van der Waals surface area contributed by atoms with Gasteiger partial charge in [-0.25, -0.2) is 4.98 Å². The second kappa shape index (κ2) is 3.62. The molecule has 0 fully saturated rings. The average molecular weight is 316 g/mol.